The average molecular weight is 550 g/mol. The summed E-state index contributed by atoms with van der Waals surface area (Å²) in [4.78, 5) is 0. The minimum absolute atomic E-state index is 0.820. The molecule has 0 N–H and O–H groups in total. The summed E-state index contributed by atoms with van der Waals surface area (Å²) < 4.78 is 2.14. The van der Waals surface area contributed by atoms with Crippen LogP contribution in [0.5, 0.6) is 0 Å². The fourth-order valence-electron chi connectivity index (χ4n) is 5.87. The predicted octanol–water partition coefficient (Wildman–Crippen LogP) is 10.2. The van der Waals surface area contributed by atoms with Crippen LogP contribution in [-0.4, -0.2) is 14.8 Å². The van der Waals surface area contributed by atoms with Crippen LogP contribution in [0.1, 0.15) is 0 Å². The Hall–Kier alpha value is -5.80. The van der Waals surface area contributed by atoms with Gasteiger partial charge in [0.25, 0.3) is 0 Å². The first-order valence-electron chi connectivity index (χ1n) is 14.5. The smallest absolute Gasteiger partial charge is 0.168 e. The molecule has 0 aliphatic carbocycles. The summed E-state index contributed by atoms with van der Waals surface area (Å²) >= 11 is 0. The molecule has 0 radical (unpaired) electrons. The molecule has 0 amide bonds. The van der Waals surface area contributed by atoms with Crippen molar-refractivity contribution in [3.05, 3.63) is 164 Å². The van der Waals surface area contributed by atoms with Crippen LogP contribution in [0.15, 0.2) is 164 Å². The van der Waals surface area contributed by atoms with E-state index in [-0.39, 0.29) is 0 Å². The number of nitrogens with zero attached hydrogens (tertiary/aromatic N) is 3. The maximum atomic E-state index is 4.61. The second kappa shape index (κ2) is 10.6. The summed E-state index contributed by atoms with van der Waals surface area (Å²) in [6.45, 7) is 0. The molecule has 3 heteroatoms. The Morgan fingerprint density at radius 1 is 0.302 bits per heavy atom. The van der Waals surface area contributed by atoms with Crippen LogP contribution < -0.4 is 0 Å². The van der Waals surface area contributed by atoms with Gasteiger partial charge in [0, 0.05) is 16.8 Å². The lowest BCUT2D eigenvalue weighted by atomic mass is 9.96. The summed E-state index contributed by atoms with van der Waals surface area (Å²) in [5.74, 6) is 1.64. The van der Waals surface area contributed by atoms with Crippen molar-refractivity contribution < 1.29 is 0 Å². The predicted molar refractivity (Wildman–Crippen MR) is 178 cm³/mol. The summed E-state index contributed by atoms with van der Waals surface area (Å²) in [5, 5.41) is 14.2. The first-order valence-corrected chi connectivity index (χ1v) is 14.5. The molecule has 0 aliphatic heterocycles. The van der Waals surface area contributed by atoms with Crippen molar-refractivity contribution in [3.63, 3.8) is 0 Å². The van der Waals surface area contributed by atoms with Gasteiger partial charge in [-0.25, -0.2) is 0 Å². The minimum atomic E-state index is 0.820. The summed E-state index contributed by atoms with van der Waals surface area (Å²) in [7, 11) is 0. The van der Waals surface area contributed by atoms with E-state index in [1.807, 2.05) is 36.4 Å². The fraction of sp³-hybridized carbons (Fsp3) is 0. The molecule has 0 bridgehead atoms. The third-order valence-electron chi connectivity index (χ3n) is 8.09. The van der Waals surface area contributed by atoms with E-state index in [1.165, 1.54) is 43.8 Å². The van der Waals surface area contributed by atoms with Crippen molar-refractivity contribution in [2.75, 3.05) is 0 Å². The zero-order valence-electron chi connectivity index (χ0n) is 23.4. The Bertz CT molecular complexity index is 2140. The highest BCUT2D eigenvalue weighted by Crippen LogP contribution is 2.33. The van der Waals surface area contributed by atoms with Gasteiger partial charge >= 0.3 is 0 Å². The summed E-state index contributed by atoms with van der Waals surface area (Å²) in [5.41, 5.74) is 7.91. The van der Waals surface area contributed by atoms with E-state index >= 15 is 0 Å². The molecule has 202 valence electrons. The molecule has 7 aromatic carbocycles. The lowest BCUT2D eigenvalue weighted by molar-refractivity contribution is 1.07. The van der Waals surface area contributed by atoms with E-state index in [2.05, 4.69) is 142 Å². The molecule has 1 heterocycles. The SMILES string of the molecule is c1ccc(-c2ccc3cc4cc(-c5ccc(-n6c(-c7ccccc7)nnc6-c6ccccc6)cc5)ccc4cc3c2)cc1. The maximum absolute atomic E-state index is 4.61. The van der Waals surface area contributed by atoms with Crippen molar-refractivity contribution >= 4 is 21.5 Å². The third-order valence-corrected chi connectivity index (χ3v) is 8.09. The standard InChI is InChI=1S/C40H27N3/c1-4-10-28(11-5-1)32-16-18-34-27-37-25-33(17-19-35(37)26-36(34)24-32)29-20-22-38(23-21-29)43-39(30-12-6-2-7-13-30)41-42-40(43)31-14-8-3-9-15-31/h1-27H. The van der Waals surface area contributed by atoms with Gasteiger partial charge in [-0.1, -0.05) is 127 Å². The number of benzene rings is 7. The van der Waals surface area contributed by atoms with Crippen LogP contribution in [0.4, 0.5) is 0 Å². The van der Waals surface area contributed by atoms with Crippen molar-refractivity contribution in [2.24, 2.45) is 0 Å². The first kappa shape index (κ1) is 25.0. The Morgan fingerprint density at radius 2 is 0.698 bits per heavy atom. The molecule has 0 aliphatic rings. The van der Waals surface area contributed by atoms with Crippen LogP contribution in [0.3, 0.4) is 0 Å². The van der Waals surface area contributed by atoms with Crippen molar-refractivity contribution in [1.82, 2.24) is 14.8 Å². The molecule has 3 nitrogen and oxygen atoms in total. The molecule has 8 aromatic rings. The summed E-state index contributed by atoms with van der Waals surface area (Å²) in [6.07, 6.45) is 0. The quantitative estimate of drug-likeness (QED) is 0.200. The summed E-state index contributed by atoms with van der Waals surface area (Å²) in [6, 6.07) is 57.8. The number of hydrogen-bond donors (Lipinski definition) is 0. The van der Waals surface area contributed by atoms with Crippen LogP contribution in [0.25, 0.3) is 72.3 Å². The van der Waals surface area contributed by atoms with Crippen molar-refractivity contribution in [2.45, 2.75) is 0 Å². The van der Waals surface area contributed by atoms with Crippen LogP contribution in [0.2, 0.25) is 0 Å². The van der Waals surface area contributed by atoms with Crippen molar-refractivity contribution in [3.8, 4) is 50.7 Å². The van der Waals surface area contributed by atoms with Crippen LogP contribution in [0, 0.1) is 0 Å². The van der Waals surface area contributed by atoms with E-state index < -0.39 is 0 Å². The van der Waals surface area contributed by atoms with Gasteiger partial charge in [0.15, 0.2) is 11.6 Å². The van der Waals surface area contributed by atoms with E-state index in [9.17, 15) is 0 Å². The lowest BCUT2D eigenvalue weighted by Crippen LogP contribution is -2.00. The highest BCUT2D eigenvalue weighted by molar-refractivity contribution is 6.01. The van der Waals surface area contributed by atoms with Gasteiger partial charge in [-0.05, 0) is 80.2 Å². The topological polar surface area (TPSA) is 30.7 Å². The van der Waals surface area contributed by atoms with Gasteiger partial charge in [-0.2, -0.15) is 0 Å². The monoisotopic (exact) mass is 549 g/mol. The second-order valence-electron chi connectivity index (χ2n) is 10.8. The zero-order valence-corrected chi connectivity index (χ0v) is 23.4. The van der Waals surface area contributed by atoms with Gasteiger partial charge in [-0.3, -0.25) is 4.57 Å². The third kappa shape index (κ3) is 4.67. The normalized spacial score (nSPS) is 11.3. The van der Waals surface area contributed by atoms with Crippen LogP contribution >= 0.6 is 0 Å². The second-order valence-corrected chi connectivity index (χ2v) is 10.8. The lowest BCUT2D eigenvalue weighted by Gasteiger charge is -2.12. The highest BCUT2D eigenvalue weighted by Gasteiger charge is 2.17. The molecule has 8 rings (SSSR count). The zero-order chi connectivity index (χ0) is 28.6. The molecule has 0 atom stereocenters. The minimum Gasteiger partial charge on any atom is -0.275 e. The van der Waals surface area contributed by atoms with Gasteiger partial charge in [0.2, 0.25) is 0 Å². The number of hydrogen-bond acceptors (Lipinski definition) is 2. The molecular formula is C40H27N3. The van der Waals surface area contributed by atoms with E-state index in [0.717, 1.165) is 28.5 Å². The Labute approximate surface area is 250 Å². The highest BCUT2D eigenvalue weighted by atomic mass is 15.3. The fourth-order valence-corrected chi connectivity index (χ4v) is 5.87. The van der Waals surface area contributed by atoms with E-state index in [1.54, 1.807) is 0 Å². The molecule has 1 aromatic heterocycles. The first-order chi connectivity index (χ1) is 21.3. The van der Waals surface area contributed by atoms with Gasteiger partial charge in [-0.15, -0.1) is 10.2 Å². The number of fused-ring (bicyclic) bond motifs is 2. The number of aromatic nitrogens is 3. The van der Waals surface area contributed by atoms with Crippen molar-refractivity contribution in [1.29, 1.82) is 0 Å². The molecule has 0 saturated carbocycles. The molecule has 43 heavy (non-hydrogen) atoms. The Balaban J connectivity index is 1.17. The molecule has 0 saturated heterocycles. The number of rotatable bonds is 5. The van der Waals surface area contributed by atoms with Gasteiger partial charge < -0.3 is 0 Å². The Kier molecular flexibility index (Phi) is 6.12. The Morgan fingerprint density at radius 3 is 1.16 bits per heavy atom. The maximum Gasteiger partial charge on any atom is 0.168 e. The van der Waals surface area contributed by atoms with E-state index in [4.69, 9.17) is 0 Å². The van der Waals surface area contributed by atoms with Crippen LogP contribution in [-0.2, 0) is 0 Å². The van der Waals surface area contributed by atoms with Gasteiger partial charge in [0.05, 0.1) is 0 Å². The van der Waals surface area contributed by atoms with Gasteiger partial charge in [0.1, 0.15) is 0 Å². The molecular weight excluding hydrogens is 522 g/mol. The average Bonchev–Trinajstić information content (AvgIpc) is 3.53. The largest absolute Gasteiger partial charge is 0.275 e. The molecule has 0 unspecified atom stereocenters. The van der Waals surface area contributed by atoms with E-state index in [0.29, 0.717) is 0 Å². The molecule has 0 spiro atoms. The molecule has 0 fully saturated rings.